The van der Waals surface area contributed by atoms with Crippen LogP contribution in [0.4, 0.5) is 5.13 Å². The molecule has 1 aromatic rings. The molecule has 12 heavy (non-hydrogen) atoms. The van der Waals surface area contributed by atoms with Gasteiger partial charge < -0.3 is 10.0 Å². The van der Waals surface area contributed by atoms with Gasteiger partial charge in [0, 0.05) is 24.2 Å². The molecule has 1 fully saturated rings. The monoisotopic (exact) mass is 184 g/mol. The minimum atomic E-state index is -0.158. The number of rotatable bonds is 1. The van der Waals surface area contributed by atoms with E-state index in [0.717, 1.165) is 24.6 Å². The molecule has 4 heteroatoms. The van der Waals surface area contributed by atoms with E-state index in [-0.39, 0.29) is 6.10 Å². The summed E-state index contributed by atoms with van der Waals surface area (Å²) < 4.78 is 0. The lowest BCUT2D eigenvalue weighted by atomic mass is 10.3. The van der Waals surface area contributed by atoms with Gasteiger partial charge in [0.05, 0.1) is 6.10 Å². The third-order valence-electron chi connectivity index (χ3n) is 2.04. The van der Waals surface area contributed by atoms with Crippen LogP contribution in [0.5, 0.6) is 0 Å². The summed E-state index contributed by atoms with van der Waals surface area (Å²) in [6, 6.07) is 0. The van der Waals surface area contributed by atoms with E-state index in [1.54, 1.807) is 11.3 Å². The van der Waals surface area contributed by atoms with Gasteiger partial charge in [-0.1, -0.05) is 0 Å². The van der Waals surface area contributed by atoms with Crippen LogP contribution in [0.3, 0.4) is 0 Å². The Morgan fingerprint density at radius 3 is 3.08 bits per heavy atom. The van der Waals surface area contributed by atoms with Crippen molar-refractivity contribution in [1.29, 1.82) is 0 Å². The standard InChI is InChI=1S/C8H12N2OS/c1-6-4-9-8(12-6)10-3-2-7(11)5-10/h4,7,11H,2-3,5H2,1H3/t7-/m1/s1. The lowest BCUT2D eigenvalue weighted by Crippen LogP contribution is -2.20. The van der Waals surface area contributed by atoms with Gasteiger partial charge in [0.25, 0.3) is 0 Å². The molecule has 0 aromatic carbocycles. The van der Waals surface area contributed by atoms with E-state index in [9.17, 15) is 5.11 Å². The van der Waals surface area contributed by atoms with Crippen molar-refractivity contribution >= 4 is 16.5 Å². The first-order valence-corrected chi connectivity index (χ1v) is 4.93. The predicted molar refractivity (Wildman–Crippen MR) is 49.7 cm³/mol. The first kappa shape index (κ1) is 8.01. The van der Waals surface area contributed by atoms with Crippen LogP contribution >= 0.6 is 11.3 Å². The summed E-state index contributed by atoms with van der Waals surface area (Å²) in [6.45, 7) is 3.73. The molecule has 2 heterocycles. The fraction of sp³-hybridized carbons (Fsp3) is 0.625. The molecule has 0 unspecified atom stereocenters. The van der Waals surface area contributed by atoms with Crippen LogP contribution < -0.4 is 4.90 Å². The zero-order chi connectivity index (χ0) is 8.55. The molecular weight excluding hydrogens is 172 g/mol. The average molecular weight is 184 g/mol. The van der Waals surface area contributed by atoms with Crippen LogP contribution in [-0.2, 0) is 0 Å². The smallest absolute Gasteiger partial charge is 0.185 e. The van der Waals surface area contributed by atoms with Gasteiger partial charge in [-0.3, -0.25) is 0 Å². The van der Waals surface area contributed by atoms with Crippen molar-refractivity contribution in [2.75, 3.05) is 18.0 Å². The molecule has 0 saturated carbocycles. The Bertz CT molecular complexity index is 274. The van der Waals surface area contributed by atoms with Crippen molar-refractivity contribution in [2.45, 2.75) is 19.4 Å². The third-order valence-corrected chi connectivity index (χ3v) is 3.02. The zero-order valence-corrected chi connectivity index (χ0v) is 7.84. The van der Waals surface area contributed by atoms with E-state index in [1.807, 2.05) is 13.1 Å². The quantitative estimate of drug-likeness (QED) is 0.708. The van der Waals surface area contributed by atoms with Crippen LogP contribution in [0.15, 0.2) is 6.20 Å². The van der Waals surface area contributed by atoms with Crippen molar-refractivity contribution < 1.29 is 5.11 Å². The van der Waals surface area contributed by atoms with Gasteiger partial charge in [0.1, 0.15) is 0 Å². The number of aliphatic hydroxyl groups is 1. The van der Waals surface area contributed by atoms with Gasteiger partial charge in [-0.15, -0.1) is 11.3 Å². The molecule has 0 bridgehead atoms. The molecular formula is C8H12N2OS. The summed E-state index contributed by atoms with van der Waals surface area (Å²) in [6.07, 6.45) is 2.60. The molecule has 0 amide bonds. The summed E-state index contributed by atoms with van der Waals surface area (Å²) in [5, 5.41) is 10.3. The van der Waals surface area contributed by atoms with Gasteiger partial charge in [-0.2, -0.15) is 0 Å². The first-order valence-electron chi connectivity index (χ1n) is 4.11. The molecule has 1 aromatic heterocycles. The van der Waals surface area contributed by atoms with Crippen LogP contribution in [0.2, 0.25) is 0 Å². The molecule has 3 nitrogen and oxygen atoms in total. The van der Waals surface area contributed by atoms with Crippen molar-refractivity contribution in [3.05, 3.63) is 11.1 Å². The van der Waals surface area contributed by atoms with Crippen LogP contribution in [0.1, 0.15) is 11.3 Å². The second kappa shape index (κ2) is 3.03. The molecule has 1 atom stereocenters. The number of anilines is 1. The van der Waals surface area contributed by atoms with Crippen LogP contribution in [0, 0.1) is 6.92 Å². The lowest BCUT2D eigenvalue weighted by molar-refractivity contribution is 0.198. The second-order valence-electron chi connectivity index (χ2n) is 3.14. The second-order valence-corrected chi connectivity index (χ2v) is 4.36. The number of β-amino-alcohol motifs (C(OH)–C–C–N with tert-alkyl or cyclic N) is 1. The highest BCUT2D eigenvalue weighted by Gasteiger charge is 2.21. The Balaban J connectivity index is 2.11. The summed E-state index contributed by atoms with van der Waals surface area (Å²) in [7, 11) is 0. The van der Waals surface area contributed by atoms with Gasteiger partial charge >= 0.3 is 0 Å². The fourth-order valence-electron chi connectivity index (χ4n) is 1.40. The first-order chi connectivity index (χ1) is 5.75. The number of hydrogen-bond acceptors (Lipinski definition) is 4. The number of hydrogen-bond donors (Lipinski definition) is 1. The lowest BCUT2D eigenvalue weighted by Gasteiger charge is -2.12. The summed E-state index contributed by atoms with van der Waals surface area (Å²) in [5.74, 6) is 0. The molecule has 1 N–H and O–H groups in total. The van der Waals surface area contributed by atoms with E-state index in [4.69, 9.17) is 0 Å². The maximum Gasteiger partial charge on any atom is 0.185 e. The highest BCUT2D eigenvalue weighted by Crippen LogP contribution is 2.24. The van der Waals surface area contributed by atoms with Crippen molar-refractivity contribution in [2.24, 2.45) is 0 Å². The Kier molecular flexibility index (Phi) is 2.02. The number of aryl methyl sites for hydroxylation is 1. The molecule has 1 saturated heterocycles. The Morgan fingerprint density at radius 2 is 2.58 bits per heavy atom. The molecule has 0 aliphatic carbocycles. The maximum atomic E-state index is 9.30. The number of nitrogens with zero attached hydrogens (tertiary/aromatic N) is 2. The molecule has 1 aliphatic heterocycles. The number of aromatic nitrogens is 1. The summed E-state index contributed by atoms with van der Waals surface area (Å²) >= 11 is 1.69. The molecule has 0 spiro atoms. The van der Waals surface area contributed by atoms with E-state index in [0.29, 0.717) is 0 Å². The average Bonchev–Trinajstić information content (AvgIpc) is 2.58. The Morgan fingerprint density at radius 1 is 1.75 bits per heavy atom. The Labute approximate surface area is 75.7 Å². The van der Waals surface area contributed by atoms with Gasteiger partial charge in [-0.25, -0.2) is 4.98 Å². The fourth-order valence-corrected chi connectivity index (χ4v) is 2.20. The summed E-state index contributed by atoms with van der Waals surface area (Å²) in [4.78, 5) is 7.63. The minimum Gasteiger partial charge on any atom is -0.391 e. The highest BCUT2D eigenvalue weighted by molar-refractivity contribution is 7.15. The van der Waals surface area contributed by atoms with Gasteiger partial charge in [-0.05, 0) is 13.3 Å². The van der Waals surface area contributed by atoms with Crippen molar-refractivity contribution in [1.82, 2.24) is 4.98 Å². The highest BCUT2D eigenvalue weighted by atomic mass is 32.1. The molecule has 0 radical (unpaired) electrons. The summed E-state index contributed by atoms with van der Waals surface area (Å²) in [5.41, 5.74) is 0. The third kappa shape index (κ3) is 1.44. The van der Waals surface area contributed by atoms with Crippen LogP contribution in [-0.4, -0.2) is 29.3 Å². The normalized spacial score (nSPS) is 23.5. The topological polar surface area (TPSA) is 36.4 Å². The van der Waals surface area contributed by atoms with E-state index in [1.165, 1.54) is 4.88 Å². The largest absolute Gasteiger partial charge is 0.391 e. The minimum absolute atomic E-state index is 0.158. The van der Waals surface area contributed by atoms with E-state index < -0.39 is 0 Å². The number of aliphatic hydroxyl groups excluding tert-OH is 1. The maximum absolute atomic E-state index is 9.30. The molecule has 66 valence electrons. The predicted octanol–water partition coefficient (Wildman–Crippen LogP) is 1.02. The number of thiazole rings is 1. The van der Waals surface area contributed by atoms with Crippen LogP contribution in [0.25, 0.3) is 0 Å². The van der Waals surface area contributed by atoms with E-state index in [2.05, 4.69) is 9.88 Å². The Hall–Kier alpha value is -0.610. The zero-order valence-electron chi connectivity index (χ0n) is 7.03. The van der Waals surface area contributed by atoms with E-state index >= 15 is 0 Å². The van der Waals surface area contributed by atoms with Crippen molar-refractivity contribution in [3.63, 3.8) is 0 Å². The SMILES string of the molecule is Cc1cnc(N2CC[C@@H](O)C2)s1. The van der Waals surface area contributed by atoms with Gasteiger partial charge in [0.15, 0.2) is 5.13 Å². The van der Waals surface area contributed by atoms with Gasteiger partial charge in [0.2, 0.25) is 0 Å². The molecule has 1 aliphatic rings. The molecule has 2 rings (SSSR count). The van der Waals surface area contributed by atoms with Crippen molar-refractivity contribution in [3.8, 4) is 0 Å².